The number of fused-ring (bicyclic) bond motifs is 1. The van der Waals surface area contributed by atoms with Crippen LogP contribution in [-0.4, -0.2) is 30.7 Å². The van der Waals surface area contributed by atoms with Crippen LogP contribution >= 0.6 is 11.8 Å². The zero-order valence-corrected chi connectivity index (χ0v) is 22.0. The Labute approximate surface area is 228 Å². The first kappa shape index (κ1) is 25.8. The van der Waals surface area contributed by atoms with Crippen molar-refractivity contribution in [3.8, 4) is 40.0 Å². The predicted octanol–water partition coefficient (Wildman–Crippen LogP) is 6.39. The normalized spacial score (nSPS) is 10.7. The minimum absolute atomic E-state index is 0.0404. The van der Waals surface area contributed by atoms with Gasteiger partial charge in [0.1, 0.15) is 33.7 Å². The fraction of sp³-hybridized carbons (Fsp3) is 0.0968. The molecule has 0 atom stereocenters. The Balaban J connectivity index is 1.55. The average molecular weight is 535 g/mol. The van der Waals surface area contributed by atoms with Crippen molar-refractivity contribution in [2.24, 2.45) is 0 Å². The molecule has 0 aliphatic heterocycles. The fourth-order valence-electron chi connectivity index (χ4n) is 4.11. The van der Waals surface area contributed by atoms with E-state index in [4.69, 9.17) is 18.9 Å². The van der Waals surface area contributed by atoms with Crippen LogP contribution < -0.4 is 15.1 Å². The van der Waals surface area contributed by atoms with E-state index in [0.717, 1.165) is 22.9 Å². The van der Waals surface area contributed by atoms with Gasteiger partial charge < -0.3 is 13.9 Å². The molecule has 39 heavy (non-hydrogen) atoms. The second-order valence-electron chi connectivity index (χ2n) is 8.50. The van der Waals surface area contributed by atoms with Crippen molar-refractivity contribution in [2.75, 3.05) is 20.0 Å². The molecule has 0 saturated heterocycles. The summed E-state index contributed by atoms with van der Waals surface area (Å²) in [6.07, 6.45) is 0. The first-order valence-electron chi connectivity index (χ1n) is 11.9. The van der Waals surface area contributed by atoms with Crippen LogP contribution in [0, 0.1) is 11.3 Å². The van der Waals surface area contributed by atoms with E-state index in [1.54, 1.807) is 44.6 Å². The second kappa shape index (κ2) is 11.3. The highest BCUT2D eigenvalue weighted by Gasteiger charge is 2.19. The Morgan fingerprint density at radius 2 is 1.56 bits per heavy atom. The molecular weight excluding hydrogens is 512 g/mol. The molecule has 8 heteroatoms. The van der Waals surface area contributed by atoms with Crippen molar-refractivity contribution in [2.45, 2.75) is 5.03 Å². The third-order valence-corrected chi connectivity index (χ3v) is 7.14. The lowest BCUT2D eigenvalue weighted by Crippen LogP contribution is -2.15. The number of ketones is 1. The summed E-state index contributed by atoms with van der Waals surface area (Å²) in [7, 11) is 3.18. The van der Waals surface area contributed by atoms with Crippen molar-refractivity contribution in [3.63, 3.8) is 0 Å². The van der Waals surface area contributed by atoms with E-state index in [1.807, 2.05) is 54.6 Å². The lowest BCUT2D eigenvalue weighted by Gasteiger charge is -2.13. The maximum atomic E-state index is 13.1. The molecule has 0 unspecified atom stereocenters. The van der Waals surface area contributed by atoms with Crippen LogP contribution in [0.5, 0.6) is 11.5 Å². The van der Waals surface area contributed by atoms with Crippen LogP contribution in [0.3, 0.4) is 0 Å². The number of aromatic nitrogens is 1. The minimum atomic E-state index is -0.696. The van der Waals surface area contributed by atoms with E-state index in [-0.39, 0.29) is 11.3 Å². The van der Waals surface area contributed by atoms with E-state index in [1.165, 1.54) is 0 Å². The van der Waals surface area contributed by atoms with Crippen LogP contribution in [0.1, 0.15) is 15.9 Å². The standard InChI is InChI=1S/C31H22N2O5S/c1-36-22-11-7-19(8-12-22)24-16-27(20-9-13-23(37-2)14-10-20)33-30(26(24)17-32)39-18-28(34)25-15-21-5-3-4-6-29(21)38-31(25)35/h3-16H,18H2,1-2H3. The maximum Gasteiger partial charge on any atom is 0.347 e. The number of methoxy groups -OCH3 is 2. The third kappa shape index (κ3) is 5.40. The molecule has 3 aromatic carbocycles. The topological polar surface area (TPSA) is 102 Å². The van der Waals surface area contributed by atoms with Gasteiger partial charge in [0, 0.05) is 16.5 Å². The molecular formula is C31H22N2O5S. The Kier molecular flexibility index (Phi) is 7.43. The monoisotopic (exact) mass is 534 g/mol. The number of ether oxygens (including phenoxy) is 2. The van der Waals surface area contributed by atoms with E-state index >= 15 is 0 Å². The number of hydrogen-bond donors (Lipinski definition) is 0. The van der Waals surface area contributed by atoms with Crippen LogP contribution in [-0.2, 0) is 0 Å². The Morgan fingerprint density at radius 1 is 0.923 bits per heavy atom. The molecule has 5 rings (SSSR count). The number of benzene rings is 3. The summed E-state index contributed by atoms with van der Waals surface area (Å²) >= 11 is 1.11. The van der Waals surface area contributed by atoms with Crippen molar-refractivity contribution in [1.29, 1.82) is 5.26 Å². The van der Waals surface area contributed by atoms with Crippen LogP contribution in [0.15, 0.2) is 99.2 Å². The Morgan fingerprint density at radius 3 is 2.21 bits per heavy atom. The summed E-state index contributed by atoms with van der Waals surface area (Å²) in [5, 5.41) is 11.2. The molecule has 0 bridgehead atoms. The lowest BCUT2D eigenvalue weighted by molar-refractivity contribution is 0.101. The van der Waals surface area contributed by atoms with Gasteiger partial charge in [-0.05, 0) is 60.2 Å². The van der Waals surface area contributed by atoms with Crippen molar-refractivity contribution >= 4 is 28.5 Å². The average Bonchev–Trinajstić information content (AvgIpc) is 2.99. The van der Waals surface area contributed by atoms with Gasteiger partial charge in [0.25, 0.3) is 0 Å². The first-order valence-corrected chi connectivity index (χ1v) is 12.9. The van der Waals surface area contributed by atoms with Gasteiger partial charge in [-0.15, -0.1) is 0 Å². The molecule has 0 fully saturated rings. The number of thioether (sulfide) groups is 1. The summed E-state index contributed by atoms with van der Waals surface area (Å²) in [6.45, 7) is 0. The van der Waals surface area contributed by atoms with Crippen LogP contribution in [0.25, 0.3) is 33.4 Å². The lowest BCUT2D eigenvalue weighted by atomic mass is 9.99. The van der Waals surface area contributed by atoms with E-state index < -0.39 is 11.4 Å². The van der Waals surface area contributed by atoms with E-state index in [2.05, 4.69) is 6.07 Å². The molecule has 0 aliphatic rings. The molecule has 0 spiro atoms. The highest BCUT2D eigenvalue weighted by atomic mass is 32.2. The molecule has 0 radical (unpaired) electrons. The largest absolute Gasteiger partial charge is 0.497 e. The van der Waals surface area contributed by atoms with Crippen molar-refractivity contribution in [3.05, 3.63) is 106 Å². The van der Waals surface area contributed by atoms with E-state index in [9.17, 15) is 14.9 Å². The predicted molar refractivity (Wildman–Crippen MR) is 150 cm³/mol. The van der Waals surface area contributed by atoms with Gasteiger partial charge in [-0.3, -0.25) is 4.79 Å². The maximum absolute atomic E-state index is 13.1. The van der Waals surface area contributed by atoms with E-state index in [0.29, 0.717) is 44.3 Å². The summed E-state index contributed by atoms with van der Waals surface area (Å²) in [6, 6.07) is 27.5. The number of rotatable bonds is 8. The second-order valence-corrected chi connectivity index (χ2v) is 9.47. The molecule has 0 aliphatic carbocycles. The number of carbonyl (C=O) groups is 1. The van der Waals surface area contributed by atoms with Gasteiger partial charge in [-0.2, -0.15) is 5.26 Å². The summed E-state index contributed by atoms with van der Waals surface area (Å²) in [5.74, 6) is 0.887. The highest BCUT2D eigenvalue weighted by molar-refractivity contribution is 8.00. The quantitative estimate of drug-likeness (QED) is 0.128. The van der Waals surface area contributed by atoms with Crippen molar-refractivity contribution in [1.82, 2.24) is 4.98 Å². The number of para-hydroxylation sites is 1. The fourth-order valence-corrected chi connectivity index (χ4v) is 5.00. The molecule has 5 aromatic rings. The molecule has 0 saturated carbocycles. The van der Waals surface area contributed by atoms with Gasteiger partial charge >= 0.3 is 5.63 Å². The van der Waals surface area contributed by atoms with Gasteiger partial charge in [0.05, 0.1) is 31.2 Å². The molecule has 7 nitrogen and oxygen atoms in total. The summed E-state index contributed by atoms with van der Waals surface area (Å²) < 4.78 is 15.9. The third-order valence-electron chi connectivity index (χ3n) is 6.17. The number of carbonyl (C=O) groups excluding carboxylic acids is 1. The van der Waals surface area contributed by atoms with Gasteiger partial charge in [0.15, 0.2) is 5.78 Å². The number of nitrogens with zero attached hydrogens (tertiary/aromatic N) is 2. The number of hydrogen-bond acceptors (Lipinski definition) is 8. The van der Waals surface area contributed by atoms with Gasteiger partial charge in [0.2, 0.25) is 0 Å². The SMILES string of the molecule is COc1ccc(-c2cc(-c3ccc(OC)cc3)c(C#N)c(SCC(=O)c3cc4ccccc4oc3=O)n2)cc1. The molecule has 0 N–H and O–H groups in total. The Bertz CT molecular complexity index is 1770. The number of Topliss-reactive ketones (excluding diaryl/α,β-unsaturated/α-hetero) is 1. The zero-order valence-electron chi connectivity index (χ0n) is 21.1. The molecule has 0 amide bonds. The molecule has 192 valence electrons. The van der Waals surface area contributed by atoms with Gasteiger partial charge in [-0.1, -0.05) is 42.1 Å². The van der Waals surface area contributed by atoms with Crippen molar-refractivity contribution < 1.29 is 18.7 Å². The summed E-state index contributed by atoms with van der Waals surface area (Å²) in [4.78, 5) is 30.4. The first-order chi connectivity index (χ1) is 19.0. The van der Waals surface area contributed by atoms with Crippen LogP contribution in [0.4, 0.5) is 0 Å². The Hall–Kier alpha value is -4.87. The molecule has 2 aromatic heterocycles. The smallest absolute Gasteiger partial charge is 0.347 e. The minimum Gasteiger partial charge on any atom is -0.497 e. The number of nitriles is 1. The van der Waals surface area contributed by atoms with Crippen LogP contribution in [0.2, 0.25) is 0 Å². The van der Waals surface area contributed by atoms with Gasteiger partial charge in [-0.25, -0.2) is 9.78 Å². The number of pyridine rings is 1. The molecule has 2 heterocycles. The zero-order chi connectivity index (χ0) is 27.4. The summed E-state index contributed by atoms with van der Waals surface area (Å²) in [5.41, 5.74) is 2.92. The highest BCUT2D eigenvalue weighted by Crippen LogP contribution is 2.35.